The van der Waals surface area contributed by atoms with Crippen molar-refractivity contribution in [2.45, 2.75) is 12.7 Å². The fourth-order valence-corrected chi connectivity index (χ4v) is 3.33. The summed E-state index contributed by atoms with van der Waals surface area (Å²) in [5, 5.41) is 10.3. The molecule has 1 N–H and O–H groups in total. The molecule has 1 fully saturated rings. The van der Waals surface area contributed by atoms with Crippen LogP contribution >= 0.6 is 0 Å². The van der Waals surface area contributed by atoms with Gasteiger partial charge in [-0.1, -0.05) is 12.1 Å². The molecule has 152 valence electrons. The number of nitrogens with zero attached hydrogens (tertiary/aromatic N) is 3. The van der Waals surface area contributed by atoms with Crippen molar-refractivity contribution in [1.29, 1.82) is 0 Å². The van der Waals surface area contributed by atoms with Crippen molar-refractivity contribution in [2.75, 3.05) is 58.5 Å². The highest BCUT2D eigenvalue weighted by Crippen LogP contribution is 2.27. The van der Waals surface area contributed by atoms with Gasteiger partial charge in [0.2, 0.25) is 0 Å². The zero-order valence-corrected chi connectivity index (χ0v) is 16.6. The van der Waals surface area contributed by atoms with Crippen molar-refractivity contribution in [3.05, 3.63) is 48.2 Å². The molecule has 1 aliphatic heterocycles. The number of aliphatic hydroxyl groups excluding tert-OH is 1. The number of rotatable bonds is 9. The van der Waals surface area contributed by atoms with Gasteiger partial charge in [0.05, 0.1) is 33.5 Å². The van der Waals surface area contributed by atoms with E-state index in [1.807, 2.05) is 42.6 Å². The van der Waals surface area contributed by atoms with Crippen molar-refractivity contribution < 1.29 is 19.3 Å². The lowest BCUT2D eigenvalue weighted by atomic mass is 10.2. The molecule has 0 radical (unpaired) electrons. The minimum Gasteiger partial charge on any atom is -0.493 e. The number of methoxy groups -OCH3 is 2. The Kier molecular flexibility index (Phi) is 7.47. The molecule has 1 atom stereocenters. The lowest BCUT2D eigenvalue weighted by Crippen LogP contribution is -2.49. The minimum absolute atomic E-state index is 0.300. The summed E-state index contributed by atoms with van der Waals surface area (Å²) in [5.41, 5.74) is 0.980. The molecule has 2 aromatic rings. The number of β-amino-alcohol motifs (C(OH)–C–C–N with tert-alkyl or cyclic N) is 1. The molecule has 0 aliphatic carbocycles. The Morgan fingerprint density at radius 1 is 1.04 bits per heavy atom. The Labute approximate surface area is 166 Å². The highest BCUT2D eigenvalue weighted by atomic mass is 16.5. The summed E-state index contributed by atoms with van der Waals surface area (Å²) >= 11 is 0. The first-order valence-corrected chi connectivity index (χ1v) is 9.54. The van der Waals surface area contributed by atoms with Crippen LogP contribution in [0.4, 0.5) is 5.82 Å². The molecule has 1 aromatic carbocycles. The summed E-state index contributed by atoms with van der Waals surface area (Å²) in [6.07, 6.45) is 1.31. The van der Waals surface area contributed by atoms with E-state index in [0.717, 1.165) is 37.6 Å². The number of aliphatic hydroxyl groups is 1. The van der Waals surface area contributed by atoms with Gasteiger partial charge in [0.1, 0.15) is 5.82 Å². The van der Waals surface area contributed by atoms with Gasteiger partial charge in [0.15, 0.2) is 11.5 Å². The summed E-state index contributed by atoms with van der Waals surface area (Å²) < 4.78 is 16.2. The number of pyridine rings is 1. The van der Waals surface area contributed by atoms with Gasteiger partial charge in [-0.3, -0.25) is 4.90 Å². The van der Waals surface area contributed by atoms with E-state index in [0.29, 0.717) is 31.3 Å². The Morgan fingerprint density at radius 3 is 2.50 bits per heavy atom. The number of hydrogen-bond acceptors (Lipinski definition) is 7. The first-order chi connectivity index (χ1) is 13.7. The van der Waals surface area contributed by atoms with Crippen LogP contribution in [0.5, 0.6) is 11.5 Å². The molecule has 0 spiro atoms. The number of ether oxygens (including phenoxy) is 3. The molecule has 1 unspecified atom stereocenters. The molecule has 7 nitrogen and oxygen atoms in total. The Morgan fingerprint density at radius 2 is 1.82 bits per heavy atom. The van der Waals surface area contributed by atoms with Crippen molar-refractivity contribution in [2.24, 2.45) is 0 Å². The molecule has 0 bridgehead atoms. The smallest absolute Gasteiger partial charge is 0.161 e. The molecule has 28 heavy (non-hydrogen) atoms. The van der Waals surface area contributed by atoms with Gasteiger partial charge in [0, 0.05) is 38.9 Å². The Bertz CT molecular complexity index is 721. The molecule has 1 aromatic heterocycles. The van der Waals surface area contributed by atoms with Crippen molar-refractivity contribution in [1.82, 2.24) is 9.88 Å². The molecule has 0 amide bonds. The van der Waals surface area contributed by atoms with E-state index in [2.05, 4.69) is 14.8 Å². The van der Waals surface area contributed by atoms with Gasteiger partial charge in [-0.05, 0) is 29.8 Å². The maximum atomic E-state index is 10.3. The van der Waals surface area contributed by atoms with E-state index in [1.54, 1.807) is 14.2 Å². The van der Waals surface area contributed by atoms with Crippen LogP contribution in [0.2, 0.25) is 0 Å². The predicted octanol–water partition coefficient (Wildman–Crippen LogP) is 1.80. The van der Waals surface area contributed by atoms with Crippen LogP contribution in [-0.4, -0.2) is 74.6 Å². The Hall–Kier alpha value is -2.35. The van der Waals surface area contributed by atoms with Crippen LogP contribution < -0.4 is 14.4 Å². The van der Waals surface area contributed by atoms with E-state index in [-0.39, 0.29) is 0 Å². The molecule has 1 aliphatic rings. The van der Waals surface area contributed by atoms with Crippen LogP contribution in [0.1, 0.15) is 5.56 Å². The zero-order valence-electron chi connectivity index (χ0n) is 16.6. The molecule has 2 heterocycles. The topological polar surface area (TPSA) is 67.3 Å². The first-order valence-electron chi connectivity index (χ1n) is 9.54. The monoisotopic (exact) mass is 387 g/mol. The molecular weight excluding hydrogens is 358 g/mol. The maximum Gasteiger partial charge on any atom is 0.161 e. The standard InChI is InChI=1S/C21H29N3O4/c1-26-19-7-6-17(13-20(19)27-2)15-28-16-18(25)14-23-9-11-24(12-10-23)21-5-3-4-8-22-21/h3-8,13,18,25H,9-12,14-16H2,1-2H3. The average molecular weight is 387 g/mol. The van der Waals surface area contributed by atoms with Crippen LogP contribution in [0, 0.1) is 0 Å². The van der Waals surface area contributed by atoms with Crippen LogP contribution in [-0.2, 0) is 11.3 Å². The van der Waals surface area contributed by atoms with E-state index < -0.39 is 6.10 Å². The summed E-state index contributed by atoms with van der Waals surface area (Å²) in [7, 11) is 3.22. The lowest BCUT2D eigenvalue weighted by Gasteiger charge is -2.36. The summed E-state index contributed by atoms with van der Waals surface area (Å²) in [6.45, 7) is 4.97. The maximum absolute atomic E-state index is 10.3. The SMILES string of the molecule is COc1ccc(COCC(O)CN2CCN(c3ccccn3)CC2)cc1OC. The number of piperazine rings is 1. The summed E-state index contributed by atoms with van der Waals surface area (Å²) in [5.74, 6) is 2.38. The van der Waals surface area contributed by atoms with Gasteiger partial charge in [0.25, 0.3) is 0 Å². The molecule has 7 heteroatoms. The molecule has 1 saturated heterocycles. The summed E-state index contributed by atoms with van der Waals surface area (Å²) in [6, 6.07) is 11.7. The number of hydrogen-bond donors (Lipinski definition) is 1. The Balaban J connectivity index is 1.38. The van der Waals surface area contributed by atoms with Crippen molar-refractivity contribution >= 4 is 5.82 Å². The number of aromatic nitrogens is 1. The van der Waals surface area contributed by atoms with Gasteiger partial charge < -0.3 is 24.2 Å². The second-order valence-corrected chi connectivity index (χ2v) is 6.83. The van der Waals surface area contributed by atoms with E-state index in [1.165, 1.54) is 0 Å². The van der Waals surface area contributed by atoms with Crippen LogP contribution in [0.25, 0.3) is 0 Å². The second kappa shape index (κ2) is 10.3. The number of anilines is 1. The fraction of sp³-hybridized carbons (Fsp3) is 0.476. The van der Waals surface area contributed by atoms with Gasteiger partial charge in [-0.15, -0.1) is 0 Å². The molecular formula is C21H29N3O4. The van der Waals surface area contributed by atoms with Crippen LogP contribution in [0.3, 0.4) is 0 Å². The highest BCUT2D eigenvalue weighted by Gasteiger charge is 2.20. The predicted molar refractivity (Wildman–Crippen MR) is 108 cm³/mol. The second-order valence-electron chi connectivity index (χ2n) is 6.83. The average Bonchev–Trinajstić information content (AvgIpc) is 2.74. The van der Waals surface area contributed by atoms with Gasteiger partial charge in [-0.2, -0.15) is 0 Å². The largest absolute Gasteiger partial charge is 0.493 e. The van der Waals surface area contributed by atoms with Gasteiger partial charge in [-0.25, -0.2) is 4.98 Å². The van der Waals surface area contributed by atoms with E-state index in [4.69, 9.17) is 14.2 Å². The zero-order chi connectivity index (χ0) is 19.8. The normalized spacial score (nSPS) is 16.0. The molecule has 3 rings (SSSR count). The quantitative estimate of drug-likeness (QED) is 0.704. The van der Waals surface area contributed by atoms with E-state index in [9.17, 15) is 5.11 Å². The highest BCUT2D eigenvalue weighted by molar-refractivity contribution is 5.42. The molecule has 0 saturated carbocycles. The van der Waals surface area contributed by atoms with E-state index >= 15 is 0 Å². The van der Waals surface area contributed by atoms with Crippen molar-refractivity contribution in [3.63, 3.8) is 0 Å². The van der Waals surface area contributed by atoms with Crippen molar-refractivity contribution in [3.8, 4) is 11.5 Å². The number of benzene rings is 1. The first kappa shape index (κ1) is 20.4. The van der Waals surface area contributed by atoms with Crippen LogP contribution in [0.15, 0.2) is 42.6 Å². The summed E-state index contributed by atoms with van der Waals surface area (Å²) in [4.78, 5) is 8.94. The third kappa shape index (κ3) is 5.58. The minimum atomic E-state index is -0.512. The van der Waals surface area contributed by atoms with Gasteiger partial charge >= 0.3 is 0 Å². The lowest BCUT2D eigenvalue weighted by molar-refractivity contribution is 0.00907. The third-order valence-corrected chi connectivity index (χ3v) is 4.84. The fourth-order valence-electron chi connectivity index (χ4n) is 3.33. The third-order valence-electron chi connectivity index (χ3n) is 4.84.